The molecule has 0 spiro atoms. The van der Waals surface area contributed by atoms with Gasteiger partial charge < -0.3 is 31.5 Å². The lowest BCUT2D eigenvalue weighted by molar-refractivity contribution is -0.136. The monoisotopic (exact) mass is 546 g/mol. The maximum atomic E-state index is 11.8. The number of carbonyl (C=O) groups excluding carboxylic acids is 2. The number of nitrogens with one attached hydrogen (secondary N) is 4. The molecule has 0 aliphatic heterocycles. The van der Waals surface area contributed by atoms with Crippen molar-refractivity contribution in [2.45, 2.75) is 38.6 Å². The van der Waals surface area contributed by atoms with Gasteiger partial charge in [0, 0.05) is 28.8 Å². The highest BCUT2D eigenvalue weighted by Crippen LogP contribution is 2.11. The summed E-state index contributed by atoms with van der Waals surface area (Å²) in [4.78, 5) is 32.8. The smallest absolute Gasteiger partial charge is 0.319 e. The molecule has 4 amide bonds. The molecule has 0 saturated carbocycles. The first-order chi connectivity index (χ1) is 14.7. The molecule has 0 aliphatic carbocycles. The number of anilines is 1. The second-order valence-corrected chi connectivity index (χ2v) is 7.56. The van der Waals surface area contributed by atoms with Crippen molar-refractivity contribution in [1.82, 2.24) is 16.0 Å². The molecule has 0 bridgehead atoms. The zero-order valence-corrected chi connectivity index (χ0v) is 19.8. The van der Waals surface area contributed by atoms with E-state index < -0.39 is 12.0 Å². The molecule has 0 saturated heterocycles. The van der Waals surface area contributed by atoms with Crippen molar-refractivity contribution in [3.05, 3.63) is 52.8 Å². The van der Waals surface area contributed by atoms with Gasteiger partial charge in [-0.15, -0.1) is 6.58 Å². The Morgan fingerprint density at radius 1 is 1.10 bits per heavy atom. The number of rotatable bonds is 11. The van der Waals surface area contributed by atoms with Crippen molar-refractivity contribution in [1.29, 1.82) is 0 Å². The number of halogens is 1. The fraction of sp³-hybridized carbons (Fsp3) is 0.381. The van der Waals surface area contributed by atoms with E-state index in [2.05, 4.69) is 57.0 Å². The summed E-state index contributed by atoms with van der Waals surface area (Å²) in [6.45, 7) is 9.43. The van der Waals surface area contributed by atoms with Gasteiger partial charge in [-0.1, -0.05) is 19.6 Å². The third kappa shape index (κ3) is 15.7. The van der Waals surface area contributed by atoms with Crippen LogP contribution in [0, 0.1) is 3.57 Å². The minimum absolute atomic E-state index is 0.0943. The second kappa shape index (κ2) is 17.0. The Hall–Kier alpha value is -2.76. The summed E-state index contributed by atoms with van der Waals surface area (Å²) >= 11 is 2.20. The van der Waals surface area contributed by atoms with Crippen LogP contribution >= 0.6 is 22.6 Å². The first-order valence-electron chi connectivity index (χ1n) is 9.74. The minimum Gasteiger partial charge on any atom is -0.511 e. The molecule has 0 radical (unpaired) electrons. The molecular formula is C21H31IN4O5. The van der Waals surface area contributed by atoms with Crippen LogP contribution in [-0.2, 0) is 4.79 Å². The van der Waals surface area contributed by atoms with Crippen LogP contribution in [0.15, 0.2) is 49.3 Å². The minimum atomic E-state index is -0.745. The molecule has 0 fully saturated rings. The fourth-order valence-corrected chi connectivity index (χ4v) is 2.44. The molecule has 10 heteroatoms. The van der Waals surface area contributed by atoms with Crippen molar-refractivity contribution in [3.63, 3.8) is 0 Å². The summed E-state index contributed by atoms with van der Waals surface area (Å²) in [5.74, 6) is -0.840. The van der Waals surface area contributed by atoms with Crippen LogP contribution in [0.5, 0.6) is 0 Å². The van der Waals surface area contributed by atoms with E-state index >= 15 is 0 Å². The van der Waals surface area contributed by atoms with Gasteiger partial charge in [-0.2, -0.15) is 0 Å². The summed E-state index contributed by atoms with van der Waals surface area (Å²) in [6, 6.07) is 6.31. The molecule has 1 unspecified atom stereocenters. The molecule has 1 aromatic carbocycles. The molecule has 172 valence electrons. The topological polar surface area (TPSA) is 140 Å². The summed E-state index contributed by atoms with van der Waals surface area (Å²) in [6.07, 6.45) is 3.72. The number of unbranched alkanes of at least 4 members (excludes halogenated alkanes) is 1. The van der Waals surface area contributed by atoms with Gasteiger partial charge in [0.25, 0.3) is 0 Å². The van der Waals surface area contributed by atoms with Crippen molar-refractivity contribution >= 4 is 46.3 Å². The van der Waals surface area contributed by atoms with Gasteiger partial charge in [0.15, 0.2) is 0 Å². The Morgan fingerprint density at radius 3 is 2.23 bits per heavy atom. The van der Waals surface area contributed by atoms with Gasteiger partial charge in [-0.3, -0.25) is 4.79 Å². The molecule has 0 aromatic heterocycles. The van der Waals surface area contributed by atoms with E-state index in [0.717, 1.165) is 9.26 Å². The number of benzene rings is 1. The van der Waals surface area contributed by atoms with Gasteiger partial charge in [0.1, 0.15) is 5.76 Å². The Balaban J connectivity index is 0.00000161. The third-order valence-electron chi connectivity index (χ3n) is 3.72. The maximum absolute atomic E-state index is 11.8. The summed E-state index contributed by atoms with van der Waals surface area (Å²) < 4.78 is 1.10. The normalized spacial score (nSPS) is 10.5. The van der Waals surface area contributed by atoms with Crippen LogP contribution in [0.2, 0.25) is 0 Å². The number of urea groups is 2. The van der Waals surface area contributed by atoms with E-state index in [9.17, 15) is 19.5 Å². The van der Waals surface area contributed by atoms with Crippen LogP contribution < -0.4 is 21.3 Å². The number of aliphatic hydroxyl groups is 1. The van der Waals surface area contributed by atoms with E-state index in [4.69, 9.17) is 5.11 Å². The highest BCUT2D eigenvalue weighted by Gasteiger charge is 2.14. The Morgan fingerprint density at radius 2 is 1.71 bits per heavy atom. The van der Waals surface area contributed by atoms with E-state index in [1.54, 1.807) is 13.0 Å². The molecule has 9 nitrogen and oxygen atoms in total. The lowest BCUT2D eigenvalue weighted by atomic mass is 10.1. The van der Waals surface area contributed by atoms with E-state index in [0.29, 0.717) is 32.4 Å². The maximum Gasteiger partial charge on any atom is 0.319 e. The Labute approximate surface area is 196 Å². The SMILES string of the molecule is C=CCNC(=O)NC(CCCCNC(=O)Nc1ccc(I)cc1)C(=C)O.CCC(=O)O. The molecule has 31 heavy (non-hydrogen) atoms. The van der Waals surface area contributed by atoms with Gasteiger partial charge in [0.2, 0.25) is 0 Å². The number of amides is 4. The highest BCUT2D eigenvalue weighted by atomic mass is 127. The number of carboxylic acids is 1. The number of carboxylic acid groups (broad SMARTS) is 1. The standard InChI is InChI=1S/C18H25IN4O3.C3H6O2/c1-3-11-20-18(26)23-16(13(2)24)6-4-5-12-21-17(25)22-15-9-7-14(19)8-10-15;1-2-3(4)5/h3,7-10,16,24H,1-2,4-6,11-12H2,(H2,20,23,26)(H2,21,22,25);2H2,1H3,(H,4,5). The largest absolute Gasteiger partial charge is 0.511 e. The van der Waals surface area contributed by atoms with Crippen molar-refractivity contribution in [3.8, 4) is 0 Å². The summed E-state index contributed by atoms with van der Waals surface area (Å²) in [7, 11) is 0. The van der Waals surface area contributed by atoms with Gasteiger partial charge in [0.05, 0.1) is 6.04 Å². The predicted molar refractivity (Wildman–Crippen MR) is 130 cm³/mol. The number of hydrogen-bond donors (Lipinski definition) is 6. The van der Waals surface area contributed by atoms with Crippen molar-refractivity contribution in [2.75, 3.05) is 18.4 Å². The second-order valence-electron chi connectivity index (χ2n) is 6.32. The molecular weight excluding hydrogens is 515 g/mol. The molecule has 6 N–H and O–H groups in total. The zero-order valence-electron chi connectivity index (χ0n) is 17.6. The first kappa shape index (κ1) is 28.2. The van der Waals surface area contributed by atoms with Crippen LogP contribution in [-0.4, -0.2) is 47.4 Å². The molecule has 0 heterocycles. The Bertz CT molecular complexity index is 725. The van der Waals surface area contributed by atoms with E-state index in [-0.39, 0.29) is 24.2 Å². The lowest BCUT2D eigenvalue weighted by Gasteiger charge is -2.17. The van der Waals surface area contributed by atoms with E-state index in [1.807, 2.05) is 24.3 Å². The van der Waals surface area contributed by atoms with Crippen LogP contribution in [0.25, 0.3) is 0 Å². The van der Waals surface area contributed by atoms with Crippen LogP contribution in [0.1, 0.15) is 32.6 Å². The highest BCUT2D eigenvalue weighted by molar-refractivity contribution is 14.1. The number of carbonyl (C=O) groups is 3. The van der Waals surface area contributed by atoms with Crippen molar-refractivity contribution < 1.29 is 24.6 Å². The zero-order chi connectivity index (χ0) is 23.6. The van der Waals surface area contributed by atoms with E-state index in [1.165, 1.54) is 0 Å². The fourth-order valence-electron chi connectivity index (χ4n) is 2.08. The van der Waals surface area contributed by atoms with Crippen molar-refractivity contribution in [2.24, 2.45) is 0 Å². The van der Waals surface area contributed by atoms with Crippen LogP contribution in [0.3, 0.4) is 0 Å². The molecule has 1 rings (SSSR count). The van der Waals surface area contributed by atoms with Gasteiger partial charge in [-0.05, 0) is 66.1 Å². The average Bonchev–Trinajstić information content (AvgIpc) is 2.73. The quantitative estimate of drug-likeness (QED) is 0.108. The predicted octanol–water partition coefficient (Wildman–Crippen LogP) is 3.99. The first-order valence-corrected chi connectivity index (χ1v) is 10.8. The average molecular weight is 546 g/mol. The molecule has 0 aliphatic rings. The van der Waals surface area contributed by atoms with Gasteiger partial charge in [-0.25, -0.2) is 9.59 Å². The molecule has 1 atom stereocenters. The number of aliphatic hydroxyl groups excluding tert-OH is 1. The number of aliphatic carboxylic acids is 1. The van der Waals surface area contributed by atoms with Crippen LogP contribution in [0.4, 0.5) is 15.3 Å². The summed E-state index contributed by atoms with van der Waals surface area (Å²) in [5.41, 5.74) is 0.731. The van der Waals surface area contributed by atoms with Gasteiger partial charge >= 0.3 is 18.0 Å². The Kier molecular flexibility index (Phi) is 15.5. The molecule has 1 aromatic rings. The third-order valence-corrected chi connectivity index (χ3v) is 4.44. The summed E-state index contributed by atoms with van der Waals surface area (Å²) in [5, 5.41) is 28.0. The lowest BCUT2D eigenvalue weighted by Crippen LogP contribution is -2.43. The number of hydrogen-bond acceptors (Lipinski definition) is 4.